The van der Waals surface area contributed by atoms with Crippen LogP contribution in [-0.4, -0.2) is 23.0 Å². The van der Waals surface area contributed by atoms with E-state index < -0.39 is 0 Å². The van der Waals surface area contributed by atoms with Crippen LogP contribution in [0.15, 0.2) is 78.9 Å². The normalized spacial score (nSPS) is 11.8. The van der Waals surface area contributed by atoms with E-state index in [1.165, 1.54) is 0 Å². The van der Waals surface area contributed by atoms with Gasteiger partial charge in [0.1, 0.15) is 5.75 Å². The van der Waals surface area contributed by atoms with Crippen LogP contribution >= 0.6 is 0 Å². The molecular weight excluding hydrogens is 334 g/mol. The molecule has 3 aromatic carbocycles. The molecule has 0 aromatic heterocycles. The number of aromatic hydroxyl groups is 1. The second-order valence-electron chi connectivity index (χ2n) is 6.97. The van der Waals surface area contributed by atoms with Crippen molar-refractivity contribution in [1.29, 1.82) is 0 Å². The number of carbonyl (C=O) groups is 1. The van der Waals surface area contributed by atoms with Gasteiger partial charge in [-0.25, -0.2) is 0 Å². The largest absolute Gasteiger partial charge is 0.508 e. The number of hydrogen-bond acceptors (Lipinski definition) is 2. The first-order valence-electron chi connectivity index (χ1n) is 9.17. The minimum atomic E-state index is -0.183. The van der Waals surface area contributed by atoms with Gasteiger partial charge >= 0.3 is 0 Å². The second kappa shape index (κ2) is 8.54. The number of hydrogen-bond donors (Lipinski definition) is 1. The minimum absolute atomic E-state index is 0.0496. The lowest BCUT2D eigenvalue weighted by atomic mass is 9.86. The van der Waals surface area contributed by atoms with Crippen molar-refractivity contribution in [3.63, 3.8) is 0 Å². The molecule has 0 heterocycles. The van der Waals surface area contributed by atoms with Gasteiger partial charge in [-0.15, -0.1) is 0 Å². The summed E-state index contributed by atoms with van der Waals surface area (Å²) in [4.78, 5) is 14.7. The zero-order chi connectivity index (χ0) is 19.2. The van der Waals surface area contributed by atoms with Gasteiger partial charge in [0.15, 0.2) is 0 Å². The van der Waals surface area contributed by atoms with Crippen LogP contribution in [-0.2, 0) is 11.3 Å². The smallest absolute Gasteiger partial charge is 0.223 e. The highest BCUT2D eigenvalue weighted by molar-refractivity contribution is 5.77. The molecule has 0 radical (unpaired) electrons. The fourth-order valence-electron chi connectivity index (χ4n) is 3.32. The molecule has 27 heavy (non-hydrogen) atoms. The van der Waals surface area contributed by atoms with E-state index in [4.69, 9.17) is 0 Å². The molecule has 3 nitrogen and oxygen atoms in total. The lowest BCUT2D eigenvalue weighted by Crippen LogP contribution is -2.27. The third-order valence-corrected chi connectivity index (χ3v) is 4.83. The Morgan fingerprint density at radius 1 is 0.963 bits per heavy atom. The molecule has 3 aromatic rings. The van der Waals surface area contributed by atoms with Gasteiger partial charge in [0.2, 0.25) is 5.91 Å². The first-order valence-corrected chi connectivity index (χ1v) is 9.17. The summed E-state index contributed by atoms with van der Waals surface area (Å²) in [6.45, 7) is 2.56. The highest BCUT2D eigenvalue weighted by atomic mass is 16.3. The number of phenolic OH excluding ortho intramolecular Hbond substituents is 1. The summed E-state index contributed by atoms with van der Waals surface area (Å²) in [5, 5.41) is 10.4. The molecule has 0 aliphatic carbocycles. The summed E-state index contributed by atoms with van der Waals surface area (Å²) in [5.74, 6) is 0.0957. The van der Waals surface area contributed by atoms with Crippen molar-refractivity contribution < 1.29 is 9.90 Å². The molecule has 0 saturated carbocycles. The van der Waals surface area contributed by atoms with E-state index in [-0.39, 0.29) is 17.6 Å². The highest BCUT2D eigenvalue weighted by Crippen LogP contribution is 2.35. The van der Waals surface area contributed by atoms with E-state index in [0.29, 0.717) is 13.0 Å². The Morgan fingerprint density at radius 2 is 1.59 bits per heavy atom. The predicted molar refractivity (Wildman–Crippen MR) is 109 cm³/mol. The lowest BCUT2D eigenvalue weighted by Gasteiger charge is -2.23. The molecule has 3 rings (SSSR count). The molecule has 0 fully saturated rings. The maximum absolute atomic E-state index is 12.9. The summed E-state index contributed by atoms with van der Waals surface area (Å²) in [6, 6.07) is 25.4. The Morgan fingerprint density at radius 3 is 2.26 bits per heavy atom. The maximum atomic E-state index is 12.9. The number of rotatable bonds is 6. The third-order valence-electron chi connectivity index (χ3n) is 4.83. The molecule has 0 bridgehead atoms. The molecule has 1 atom stereocenters. The van der Waals surface area contributed by atoms with Crippen molar-refractivity contribution in [2.24, 2.45) is 0 Å². The maximum Gasteiger partial charge on any atom is 0.223 e. The van der Waals surface area contributed by atoms with Crippen molar-refractivity contribution in [3.8, 4) is 5.75 Å². The fourth-order valence-corrected chi connectivity index (χ4v) is 3.32. The summed E-state index contributed by atoms with van der Waals surface area (Å²) in [5.41, 5.74) is 3.99. The molecule has 3 heteroatoms. The van der Waals surface area contributed by atoms with Gasteiger partial charge in [-0.3, -0.25) is 4.79 Å². The van der Waals surface area contributed by atoms with Crippen molar-refractivity contribution in [3.05, 3.63) is 101 Å². The van der Waals surface area contributed by atoms with Crippen LogP contribution < -0.4 is 0 Å². The van der Waals surface area contributed by atoms with Crippen LogP contribution in [0.1, 0.15) is 34.6 Å². The van der Waals surface area contributed by atoms with Crippen molar-refractivity contribution in [2.45, 2.75) is 25.8 Å². The van der Waals surface area contributed by atoms with Gasteiger partial charge in [-0.1, -0.05) is 78.4 Å². The number of nitrogens with zero attached hydrogens (tertiary/aromatic N) is 1. The Bertz CT molecular complexity index is 891. The molecule has 0 spiro atoms. The zero-order valence-electron chi connectivity index (χ0n) is 15.8. The second-order valence-corrected chi connectivity index (χ2v) is 6.97. The van der Waals surface area contributed by atoms with Crippen molar-refractivity contribution in [2.75, 3.05) is 7.05 Å². The number of amides is 1. The summed E-state index contributed by atoms with van der Waals surface area (Å²) < 4.78 is 0. The van der Waals surface area contributed by atoms with Gasteiger partial charge in [0.05, 0.1) is 0 Å². The Hall–Kier alpha value is -3.07. The van der Waals surface area contributed by atoms with Crippen molar-refractivity contribution >= 4 is 5.91 Å². The molecular formula is C24H25NO2. The molecule has 0 saturated heterocycles. The fraction of sp³-hybridized carbons (Fsp3) is 0.208. The molecule has 1 amide bonds. The van der Waals surface area contributed by atoms with Crippen LogP contribution in [0, 0.1) is 6.92 Å². The van der Waals surface area contributed by atoms with Gasteiger partial charge in [0.25, 0.3) is 0 Å². The Kier molecular flexibility index (Phi) is 5.92. The van der Waals surface area contributed by atoms with E-state index in [9.17, 15) is 9.90 Å². The van der Waals surface area contributed by atoms with E-state index >= 15 is 0 Å². The monoisotopic (exact) mass is 359 g/mol. The molecule has 0 aliphatic rings. The summed E-state index contributed by atoms with van der Waals surface area (Å²) in [7, 11) is 1.83. The summed E-state index contributed by atoms with van der Waals surface area (Å²) >= 11 is 0. The molecule has 138 valence electrons. The van der Waals surface area contributed by atoms with Gasteiger partial charge in [0, 0.05) is 31.5 Å². The quantitative estimate of drug-likeness (QED) is 0.681. The zero-order valence-corrected chi connectivity index (χ0v) is 15.8. The number of benzene rings is 3. The third kappa shape index (κ3) is 4.76. The van der Waals surface area contributed by atoms with Crippen LogP contribution in [0.5, 0.6) is 5.75 Å². The molecule has 1 N–H and O–H groups in total. The average Bonchev–Trinajstić information content (AvgIpc) is 2.69. The molecule has 0 unspecified atom stereocenters. The highest BCUT2D eigenvalue weighted by Gasteiger charge is 2.23. The van der Waals surface area contributed by atoms with Crippen LogP contribution in [0.25, 0.3) is 0 Å². The van der Waals surface area contributed by atoms with Crippen LogP contribution in [0.2, 0.25) is 0 Å². The van der Waals surface area contributed by atoms with E-state index in [2.05, 4.69) is 0 Å². The summed E-state index contributed by atoms with van der Waals surface area (Å²) in [6.07, 6.45) is 0.310. The predicted octanol–water partition coefficient (Wildman–Crippen LogP) is 4.88. The average molecular weight is 359 g/mol. The van der Waals surface area contributed by atoms with Gasteiger partial charge in [-0.2, -0.15) is 0 Å². The SMILES string of the molecule is Cc1ccc(O)c([C@@H](CC(=O)N(C)Cc2ccccc2)c2ccccc2)c1. The van der Waals surface area contributed by atoms with Crippen molar-refractivity contribution in [1.82, 2.24) is 4.90 Å². The van der Waals surface area contributed by atoms with E-state index in [0.717, 1.165) is 22.3 Å². The standard InChI is InChI=1S/C24H25NO2/c1-18-13-14-23(26)22(15-18)21(20-11-7-4-8-12-20)16-24(27)25(2)17-19-9-5-3-6-10-19/h3-15,21,26H,16-17H2,1-2H3/t21-/m0/s1. The number of aryl methyl sites for hydroxylation is 1. The van der Waals surface area contributed by atoms with Gasteiger partial charge < -0.3 is 10.0 Å². The number of carbonyl (C=O) groups excluding carboxylic acids is 1. The van der Waals surface area contributed by atoms with Crippen LogP contribution in [0.4, 0.5) is 0 Å². The first kappa shape index (κ1) is 18.7. The van der Waals surface area contributed by atoms with E-state index in [1.54, 1.807) is 11.0 Å². The Labute approximate surface area is 160 Å². The number of phenols is 1. The first-order chi connectivity index (χ1) is 13.0. The minimum Gasteiger partial charge on any atom is -0.508 e. The topological polar surface area (TPSA) is 40.5 Å². The van der Waals surface area contributed by atoms with Crippen LogP contribution in [0.3, 0.4) is 0 Å². The lowest BCUT2D eigenvalue weighted by molar-refractivity contribution is -0.130. The van der Waals surface area contributed by atoms with E-state index in [1.807, 2.05) is 86.8 Å². The Balaban J connectivity index is 1.85. The van der Waals surface area contributed by atoms with Gasteiger partial charge in [-0.05, 0) is 24.1 Å². The molecule has 0 aliphatic heterocycles.